The third-order valence-electron chi connectivity index (χ3n) is 5.23. The molecular weight excluding hydrogens is 318 g/mol. The summed E-state index contributed by atoms with van der Waals surface area (Å²) in [5.74, 6) is 0.271. The first kappa shape index (κ1) is 17.8. The van der Waals surface area contributed by atoms with E-state index in [0.717, 1.165) is 56.7 Å². The molecule has 3 heterocycles. The molecule has 1 aromatic rings. The molecule has 2 aliphatic rings. The minimum atomic E-state index is 0.00883. The van der Waals surface area contributed by atoms with E-state index in [0.29, 0.717) is 6.54 Å². The Balaban J connectivity index is 1.58. The van der Waals surface area contributed by atoms with Crippen LogP contribution in [0.4, 0.5) is 0 Å². The van der Waals surface area contributed by atoms with Crippen molar-refractivity contribution >= 4 is 11.8 Å². The lowest BCUT2D eigenvalue weighted by Gasteiger charge is -2.28. The van der Waals surface area contributed by atoms with Crippen molar-refractivity contribution in [1.82, 2.24) is 25.1 Å². The molecule has 0 bridgehead atoms. The maximum Gasteiger partial charge on any atom is 0.223 e. The molecule has 1 atom stereocenters. The highest BCUT2D eigenvalue weighted by molar-refractivity contribution is 5.78. The van der Waals surface area contributed by atoms with Crippen molar-refractivity contribution < 1.29 is 9.59 Å². The average molecular weight is 345 g/mol. The van der Waals surface area contributed by atoms with E-state index in [-0.39, 0.29) is 23.8 Å². The Bertz CT molecular complexity index is 628. The summed E-state index contributed by atoms with van der Waals surface area (Å²) in [5, 5.41) is 2.99. The first-order valence-electron chi connectivity index (χ1n) is 9.09. The van der Waals surface area contributed by atoms with E-state index < -0.39 is 0 Å². The van der Waals surface area contributed by atoms with Gasteiger partial charge in [0.15, 0.2) is 0 Å². The van der Waals surface area contributed by atoms with E-state index in [1.54, 1.807) is 19.3 Å². The van der Waals surface area contributed by atoms with Crippen LogP contribution in [0, 0.1) is 5.92 Å². The quantitative estimate of drug-likeness (QED) is 0.885. The van der Waals surface area contributed by atoms with E-state index >= 15 is 0 Å². The van der Waals surface area contributed by atoms with Crippen LogP contribution in [0.5, 0.6) is 0 Å². The van der Waals surface area contributed by atoms with Crippen LogP contribution in [0.15, 0.2) is 12.4 Å². The predicted molar refractivity (Wildman–Crippen MR) is 93.5 cm³/mol. The number of hydrogen-bond acceptors (Lipinski definition) is 5. The molecular formula is C18H27N5O2. The Hall–Kier alpha value is -2.02. The number of amides is 2. The summed E-state index contributed by atoms with van der Waals surface area (Å²) < 4.78 is 0. The zero-order valence-electron chi connectivity index (χ0n) is 15.1. The molecule has 1 N–H and O–H groups in total. The molecule has 0 saturated carbocycles. The molecule has 0 aromatic carbocycles. The monoisotopic (exact) mass is 345 g/mol. The van der Waals surface area contributed by atoms with E-state index in [1.165, 1.54) is 0 Å². The van der Waals surface area contributed by atoms with Crippen molar-refractivity contribution in [3.8, 4) is 0 Å². The molecule has 25 heavy (non-hydrogen) atoms. The summed E-state index contributed by atoms with van der Waals surface area (Å²) in [4.78, 5) is 37.1. The zero-order valence-corrected chi connectivity index (χ0v) is 15.1. The number of hydrogen-bond donors (Lipinski definition) is 1. The Morgan fingerprint density at radius 2 is 1.96 bits per heavy atom. The predicted octanol–water partition coefficient (Wildman–Crippen LogP) is 1.12. The number of nitrogens with zero attached hydrogens (tertiary/aromatic N) is 4. The number of rotatable bonds is 4. The summed E-state index contributed by atoms with van der Waals surface area (Å²) in [6.45, 7) is 4.70. The molecule has 2 aliphatic heterocycles. The summed E-state index contributed by atoms with van der Waals surface area (Å²) in [5.41, 5.74) is 1.56. The van der Waals surface area contributed by atoms with E-state index in [4.69, 9.17) is 0 Å². The van der Waals surface area contributed by atoms with Crippen molar-refractivity contribution in [3.63, 3.8) is 0 Å². The van der Waals surface area contributed by atoms with Crippen molar-refractivity contribution in [1.29, 1.82) is 0 Å². The molecule has 2 amide bonds. The lowest BCUT2D eigenvalue weighted by molar-refractivity contribution is -0.129. The number of nitrogens with one attached hydrogen (secondary N) is 1. The lowest BCUT2D eigenvalue weighted by Crippen LogP contribution is -2.38. The van der Waals surface area contributed by atoms with Gasteiger partial charge < -0.3 is 15.1 Å². The van der Waals surface area contributed by atoms with E-state index in [9.17, 15) is 9.59 Å². The molecule has 7 nitrogen and oxygen atoms in total. The van der Waals surface area contributed by atoms with Gasteiger partial charge in [0.25, 0.3) is 0 Å². The van der Waals surface area contributed by atoms with Crippen LogP contribution in [0.3, 0.4) is 0 Å². The number of piperidine rings is 1. The summed E-state index contributed by atoms with van der Waals surface area (Å²) in [6, 6.07) is 0.00883. The Kier molecular flexibility index (Phi) is 5.63. The van der Waals surface area contributed by atoms with E-state index in [2.05, 4.69) is 27.2 Å². The number of likely N-dealkylation sites (tertiary alicyclic amines) is 2. The van der Waals surface area contributed by atoms with Crippen LogP contribution in [-0.4, -0.2) is 58.3 Å². The Morgan fingerprint density at radius 3 is 2.68 bits per heavy atom. The van der Waals surface area contributed by atoms with Crippen molar-refractivity contribution in [2.75, 3.05) is 26.7 Å². The van der Waals surface area contributed by atoms with Crippen LogP contribution in [-0.2, 0) is 16.1 Å². The number of carbonyl (C=O) groups is 2. The van der Waals surface area contributed by atoms with Gasteiger partial charge in [-0.2, -0.15) is 0 Å². The highest BCUT2D eigenvalue weighted by Gasteiger charge is 2.29. The van der Waals surface area contributed by atoms with Gasteiger partial charge in [-0.25, -0.2) is 0 Å². The molecule has 0 radical (unpaired) electrons. The van der Waals surface area contributed by atoms with Crippen molar-refractivity contribution in [2.45, 2.75) is 45.2 Å². The van der Waals surface area contributed by atoms with Gasteiger partial charge in [-0.15, -0.1) is 0 Å². The van der Waals surface area contributed by atoms with Crippen LogP contribution in [0.1, 0.15) is 50.0 Å². The molecule has 0 spiro atoms. The SMILES string of the molecule is CC(=O)N1CCCC1c1cncc(CNC(=O)C2CCN(C)CC2)n1. The summed E-state index contributed by atoms with van der Waals surface area (Å²) in [7, 11) is 2.09. The van der Waals surface area contributed by atoms with Gasteiger partial charge in [-0.3, -0.25) is 19.6 Å². The van der Waals surface area contributed by atoms with Gasteiger partial charge in [0, 0.05) is 19.4 Å². The first-order valence-corrected chi connectivity index (χ1v) is 9.09. The second-order valence-electron chi connectivity index (χ2n) is 7.10. The van der Waals surface area contributed by atoms with Crippen molar-refractivity contribution in [3.05, 3.63) is 23.8 Å². The highest BCUT2D eigenvalue weighted by Crippen LogP contribution is 2.30. The van der Waals surface area contributed by atoms with Gasteiger partial charge in [-0.1, -0.05) is 0 Å². The fourth-order valence-electron chi connectivity index (χ4n) is 3.71. The minimum Gasteiger partial charge on any atom is -0.350 e. The lowest BCUT2D eigenvalue weighted by atomic mass is 9.96. The molecule has 1 aromatic heterocycles. The van der Waals surface area contributed by atoms with Crippen LogP contribution >= 0.6 is 0 Å². The third-order valence-corrected chi connectivity index (χ3v) is 5.23. The molecule has 1 unspecified atom stereocenters. The van der Waals surface area contributed by atoms with Crippen LogP contribution in [0.2, 0.25) is 0 Å². The van der Waals surface area contributed by atoms with Crippen LogP contribution in [0.25, 0.3) is 0 Å². The summed E-state index contributed by atoms with van der Waals surface area (Å²) >= 11 is 0. The Morgan fingerprint density at radius 1 is 1.20 bits per heavy atom. The molecule has 136 valence electrons. The standard InChI is InChI=1S/C18H27N5O2/c1-13(24)23-7-3-4-17(23)16-12-19-10-15(21-16)11-20-18(25)14-5-8-22(2)9-6-14/h10,12,14,17H,3-9,11H2,1-2H3,(H,20,25). The second kappa shape index (κ2) is 7.91. The minimum absolute atomic E-state index is 0.00883. The topological polar surface area (TPSA) is 78.4 Å². The second-order valence-corrected chi connectivity index (χ2v) is 7.10. The first-order chi connectivity index (χ1) is 12.0. The van der Waals surface area contributed by atoms with Gasteiger partial charge in [0.05, 0.1) is 36.4 Å². The van der Waals surface area contributed by atoms with E-state index in [1.807, 2.05) is 4.90 Å². The molecule has 0 aliphatic carbocycles. The smallest absolute Gasteiger partial charge is 0.223 e. The van der Waals surface area contributed by atoms with Crippen molar-refractivity contribution in [2.24, 2.45) is 5.92 Å². The average Bonchev–Trinajstić information content (AvgIpc) is 3.11. The molecule has 7 heteroatoms. The van der Waals surface area contributed by atoms with Gasteiger partial charge in [0.2, 0.25) is 11.8 Å². The Labute approximate surface area is 148 Å². The highest BCUT2D eigenvalue weighted by atomic mass is 16.2. The summed E-state index contributed by atoms with van der Waals surface area (Å²) in [6.07, 6.45) is 7.13. The normalized spacial score (nSPS) is 22.2. The van der Waals surface area contributed by atoms with Gasteiger partial charge in [0.1, 0.15) is 0 Å². The largest absolute Gasteiger partial charge is 0.350 e. The van der Waals surface area contributed by atoms with Gasteiger partial charge in [-0.05, 0) is 45.8 Å². The molecule has 2 fully saturated rings. The third kappa shape index (κ3) is 4.34. The maximum atomic E-state index is 12.3. The zero-order chi connectivity index (χ0) is 17.8. The number of aromatic nitrogens is 2. The van der Waals surface area contributed by atoms with Crippen LogP contribution < -0.4 is 5.32 Å². The number of carbonyl (C=O) groups excluding carboxylic acids is 2. The van der Waals surface area contributed by atoms with Gasteiger partial charge >= 0.3 is 0 Å². The fraction of sp³-hybridized carbons (Fsp3) is 0.667. The maximum absolute atomic E-state index is 12.3. The molecule has 2 saturated heterocycles. The fourth-order valence-corrected chi connectivity index (χ4v) is 3.71. The molecule has 3 rings (SSSR count).